The molecule has 0 aromatic heterocycles. The number of unbranched alkanes of at least 4 members (excludes halogenated alkanes) is 34. The van der Waals surface area contributed by atoms with Gasteiger partial charge in [-0.25, -0.2) is 4.79 Å². The molecule has 0 bridgehead atoms. The first kappa shape index (κ1) is 44.4. The number of aliphatic hydroxyl groups is 1. The third-order valence-corrected chi connectivity index (χ3v) is 9.85. The topological polar surface area (TPSA) is 46.5 Å². The average Bonchev–Trinajstić information content (AvgIpc) is 3.05. The Morgan fingerprint density at radius 1 is 0.378 bits per heavy atom. The zero-order chi connectivity index (χ0) is 32.7. The molecule has 0 aromatic carbocycles. The lowest BCUT2D eigenvalue weighted by Gasteiger charge is -2.10. The maximum atomic E-state index is 12.0. The van der Waals surface area contributed by atoms with E-state index >= 15 is 0 Å². The van der Waals surface area contributed by atoms with Gasteiger partial charge >= 0.3 is 5.97 Å². The van der Waals surface area contributed by atoms with Gasteiger partial charge in [0.25, 0.3) is 0 Å². The summed E-state index contributed by atoms with van der Waals surface area (Å²) in [6, 6.07) is 0. The van der Waals surface area contributed by atoms with Crippen molar-refractivity contribution in [2.24, 2.45) is 0 Å². The summed E-state index contributed by atoms with van der Waals surface area (Å²) < 4.78 is 5.32. The minimum Gasteiger partial charge on any atom is -0.464 e. The van der Waals surface area contributed by atoms with Gasteiger partial charge in [0.15, 0.2) is 6.10 Å². The van der Waals surface area contributed by atoms with Gasteiger partial charge in [-0.15, -0.1) is 0 Å². The Bertz CT molecular complexity index is 548. The molecule has 1 atom stereocenters. The van der Waals surface area contributed by atoms with Gasteiger partial charge in [-0.2, -0.15) is 0 Å². The lowest BCUT2D eigenvalue weighted by atomic mass is 10.0. The lowest BCUT2D eigenvalue weighted by molar-refractivity contribution is -0.154. The van der Waals surface area contributed by atoms with E-state index < -0.39 is 12.1 Å². The molecule has 3 nitrogen and oxygen atoms in total. The Morgan fingerprint density at radius 3 is 0.867 bits per heavy atom. The maximum absolute atomic E-state index is 12.0. The summed E-state index contributed by atoms with van der Waals surface area (Å²) in [5, 5.41) is 10.1. The molecule has 0 aliphatic rings. The fourth-order valence-electron chi connectivity index (χ4n) is 6.63. The van der Waals surface area contributed by atoms with Crippen LogP contribution in [0.4, 0.5) is 0 Å². The molecule has 1 N–H and O–H groups in total. The van der Waals surface area contributed by atoms with Crippen molar-refractivity contribution < 1.29 is 14.6 Å². The summed E-state index contributed by atoms with van der Waals surface area (Å²) in [4.78, 5) is 12.0. The Kier molecular flexibility index (Phi) is 39.1. The van der Waals surface area contributed by atoms with E-state index in [0.717, 1.165) is 25.7 Å². The number of hydrogen-bond acceptors (Lipinski definition) is 3. The monoisotopic (exact) mass is 637 g/mol. The molecule has 0 fully saturated rings. The summed E-state index contributed by atoms with van der Waals surface area (Å²) in [6.45, 7) is 5.03. The van der Waals surface area contributed by atoms with E-state index in [2.05, 4.69) is 13.8 Å². The van der Waals surface area contributed by atoms with Crippen molar-refractivity contribution in [2.75, 3.05) is 6.61 Å². The number of esters is 1. The summed E-state index contributed by atoms with van der Waals surface area (Å²) in [7, 11) is 0. The number of carbonyl (C=O) groups is 1. The first-order chi connectivity index (χ1) is 22.2. The number of ether oxygens (including phenoxy) is 1. The van der Waals surface area contributed by atoms with Gasteiger partial charge in [-0.3, -0.25) is 0 Å². The van der Waals surface area contributed by atoms with Gasteiger partial charge in [0.2, 0.25) is 0 Å². The smallest absolute Gasteiger partial charge is 0.334 e. The molecule has 1 unspecified atom stereocenters. The maximum Gasteiger partial charge on any atom is 0.334 e. The molecule has 0 radical (unpaired) electrons. The van der Waals surface area contributed by atoms with Gasteiger partial charge in [0.05, 0.1) is 6.61 Å². The first-order valence-corrected chi connectivity index (χ1v) is 21.1. The van der Waals surface area contributed by atoms with Crippen molar-refractivity contribution in [1.29, 1.82) is 0 Å². The van der Waals surface area contributed by atoms with Crippen molar-refractivity contribution in [3.8, 4) is 0 Å². The second-order valence-corrected chi connectivity index (χ2v) is 14.5. The zero-order valence-corrected chi connectivity index (χ0v) is 31.2. The highest BCUT2D eigenvalue weighted by atomic mass is 16.5. The van der Waals surface area contributed by atoms with Crippen LogP contribution < -0.4 is 0 Å². The van der Waals surface area contributed by atoms with Crippen molar-refractivity contribution in [3.63, 3.8) is 0 Å². The Labute approximate surface area is 284 Å². The summed E-state index contributed by atoms with van der Waals surface area (Å²) >= 11 is 0. The second kappa shape index (κ2) is 39.6. The molecular weight excluding hydrogens is 552 g/mol. The van der Waals surface area contributed by atoms with Crippen LogP contribution in [-0.2, 0) is 9.53 Å². The number of aliphatic hydroxyl groups excluding tert-OH is 1. The minimum absolute atomic E-state index is 0.410. The highest BCUT2D eigenvalue weighted by Gasteiger charge is 2.15. The SMILES string of the molecule is CCCCCCCCCCCCCCCCCCCCCCCCCCOC(=O)C(O)CCCCCCCCCCCCCC. The summed E-state index contributed by atoms with van der Waals surface area (Å²) in [5.41, 5.74) is 0. The van der Waals surface area contributed by atoms with Crippen LogP contribution in [0.3, 0.4) is 0 Å². The molecular formula is C42H84O3. The van der Waals surface area contributed by atoms with Crippen LogP contribution in [0.2, 0.25) is 0 Å². The van der Waals surface area contributed by atoms with Crippen LogP contribution in [0.5, 0.6) is 0 Å². The van der Waals surface area contributed by atoms with Crippen molar-refractivity contribution in [1.82, 2.24) is 0 Å². The fourth-order valence-corrected chi connectivity index (χ4v) is 6.63. The molecule has 0 amide bonds. The van der Waals surface area contributed by atoms with E-state index in [4.69, 9.17) is 4.74 Å². The molecule has 45 heavy (non-hydrogen) atoms. The predicted octanol–water partition coefficient (Wildman–Crippen LogP) is 14.4. The van der Waals surface area contributed by atoms with E-state index in [-0.39, 0.29) is 0 Å². The molecule has 0 aliphatic heterocycles. The lowest BCUT2D eigenvalue weighted by Crippen LogP contribution is -2.23. The molecule has 0 aliphatic carbocycles. The fraction of sp³-hybridized carbons (Fsp3) is 0.976. The largest absolute Gasteiger partial charge is 0.464 e. The number of carbonyl (C=O) groups excluding carboxylic acids is 1. The molecule has 3 heteroatoms. The molecule has 0 saturated heterocycles. The van der Waals surface area contributed by atoms with E-state index in [9.17, 15) is 9.90 Å². The van der Waals surface area contributed by atoms with Gasteiger partial charge in [0, 0.05) is 0 Å². The van der Waals surface area contributed by atoms with Gasteiger partial charge in [0.1, 0.15) is 0 Å². The van der Waals surface area contributed by atoms with Crippen LogP contribution in [-0.4, -0.2) is 23.8 Å². The van der Waals surface area contributed by atoms with Gasteiger partial charge in [-0.05, 0) is 12.8 Å². The van der Waals surface area contributed by atoms with E-state index in [1.165, 1.54) is 205 Å². The van der Waals surface area contributed by atoms with Crippen molar-refractivity contribution >= 4 is 5.97 Å². The van der Waals surface area contributed by atoms with Crippen LogP contribution in [0.25, 0.3) is 0 Å². The molecule has 0 spiro atoms. The molecule has 0 rings (SSSR count). The molecule has 0 heterocycles. The quantitative estimate of drug-likeness (QED) is 0.0539. The highest BCUT2D eigenvalue weighted by molar-refractivity contribution is 5.74. The highest BCUT2D eigenvalue weighted by Crippen LogP contribution is 2.16. The third-order valence-electron chi connectivity index (χ3n) is 9.85. The van der Waals surface area contributed by atoms with Gasteiger partial charge in [-0.1, -0.05) is 239 Å². The Balaban J connectivity index is 3.22. The minimum atomic E-state index is -0.928. The van der Waals surface area contributed by atoms with Crippen LogP contribution >= 0.6 is 0 Å². The Morgan fingerprint density at radius 2 is 0.600 bits per heavy atom. The Hall–Kier alpha value is -0.570. The van der Waals surface area contributed by atoms with E-state index in [1.54, 1.807) is 0 Å². The third kappa shape index (κ3) is 37.8. The average molecular weight is 637 g/mol. The molecule has 0 aromatic rings. The van der Waals surface area contributed by atoms with E-state index in [1.807, 2.05) is 0 Å². The summed E-state index contributed by atoms with van der Waals surface area (Å²) in [5.74, 6) is -0.410. The predicted molar refractivity (Wildman–Crippen MR) is 199 cm³/mol. The summed E-state index contributed by atoms with van der Waals surface area (Å²) in [6.07, 6.45) is 48.4. The van der Waals surface area contributed by atoms with E-state index in [0.29, 0.717) is 13.0 Å². The van der Waals surface area contributed by atoms with Crippen molar-refractivity contribution in [2.45, 2.75) is 258 Å². The second-order valence-electron chi connectivity index (χ2n) is 14.5. The normalized spacial score (nSPS) is 12.2. The first-order valence-electron chi connectivity index (χ1n) is 21.1. The van der Waals surface area contributed by atoms with Crippen LogP contribution in [0.15, 0.2) is 0 Å². The van der Waals surface area contributed by atoms with Crippen molar-refractivity contribution in [3.05, 3.63) is 0 Å². The van der Waals surface area contributed by atoms with Crippen LogP contribution in [0, 0.1) is 0 Å². The number of hydrogen-bond donors (Lipinski definition) is 1. The molecule has 270 valence electrons. The zero-order valence-electron chi connectivity index (χ0n) is 31.2. The van der Waals surface area contributed by atoms with Crippen LogP contribution in [0.1, 0.15) is 251 Å². The standard InChI is InChI=1S/C42H84O3/c1-3-5-7-9-11-13-15-17-18-19-20-21-22-23-24-25-26-27-28-30-32-34-36-38-40-45-42(44)41(43)39-37-35-33-31-29-16-14-12-10-8-6-4-2/h41,43H,3-40H2,1-2H3. The van der Waals surface area contributed by atoms with Gasteiger partial charge < -0.3 is 9.84 Å². The molecule has 0 saturated carbocycles. The number of rotatable bonds is 39.